The lowest BCUT2D eigenvalue weighted by molar-refractivity contribution is 0.621. The Morgan fingerprint density at radius 3 is 2.39 bits per heavy atom. The maximum Gasteiger partial charge on any atom is 0.269 e. The van der Waals surface area contributed by atoms with E-state index in [1.54, 1.807) is 47.3 Å². The fourth-order valence-corrected chi connectivity index (χ4v) is 3.71. The highest BCUT2D eigenvalue weighted by molar-refractivity contribution is 9.10. The van der Waals surface area contributed by atoms with Gasteiger partial charge in [0.2, 0.25) is 0 Å². The van der Waals surface area contributed by atoms with Crippen LogP contribution >= 0.6 is 27.5 Å². The van der Waals surface area contributed by atoms with Gasteiger partial charge in [-0.2, -0.15) is 0 Å². The number of para-hydroxylation sites is 1. The highest BCUT2D eigenvalue weighted by Gasteiger charge is 2.18. The molecule has 2 aromatic heterocycles. The molecule has 0 aliphatic carbocycles. The largest absolute Gasteiger partial charge is 0.269 e. The maximum atomic E-state index is 14.3. The average Bonchev–Trinajstić information content (AvgIpc) is 3.22. The second kappa shape index (κ2) is 7.76. The zero-order chi connectivity index (χ0) is 21.5. The Morgan fingerprint density at radius 2 is 1.68 bits per heavy atom. The second-order valence-electron chi connectivity index (χ2n) is 6.83. The van der Waals surface area contributed by atoms with Crippen LogP contribution in [0.1, 0.15) is 0 Å². The van der Waals surface area contributed by atoms with Crippen LogP contribution < -0.4 is 5.56 Å². The van der Waals surface area contributed by atoms with Gasteiger partial charge in [-0.1, -0.05) is 29.8 Å². The number of hydrogen-bond acceptors (Lipinski definition) is 3. The Hall–Kier alpha value is -3.29. The zero-order valence-electron chi connectivity index (χ0n) is 15.8. The molecule has 0 spiro atoms. The van der Waals surface area contributed by atoms with Gasteiger partial charge in [0.05, 0.1) is 15.8 Å². The summed E-state index contributed by atoms with van der Waals surface area (Å²) in [5, 5.41) is 5.38. The first-order valence-electron chi connectivity index (χ1n) is 9.30. The summed E-state index contributed by atoms with van der Waals surface area (Å²) in [6.07, 6.45) is 1.65. The molecule has 0 radical (unpaired) electrons. The molecule has 0 N–H and O–H groups in total. The van der Waals surface area contributed by atoms with Gasteiger partial charge in [-0.15, -0.1) is 5.10 Å². The predicted molar refractivity (Wildman–Crippen MR) is 123 cm³/mol. The molecular weight excluding hydrogens is 483 g/mol. The van der Waals surface area contributed by atoms with Crippen molar-refractivity contribution < 1.29 is 4.39 Å². The van der Waals surface area contributed by atoms with E-state index in [0.29, 0.717) is 26.1 Å². The Morgan fingerprint density at radius 1 is 0.935 bits per heavy atom. The fraction of sp³-hybridized carbons (Fsp3) is 0. The van der Waals surface area contributed by atoms with E-state index in [0.717, 1.165) is 5.69 Å². The molecule has 152 valence electrons. The van der Waals surface area contributed by atoms with E-state index in [1.165, 1.54) is 10.6 Å². The van der Waals surface area contributed by atoms with Gasteiger partial charge in [0.15, 0.2) is 5.65 Å². The maximum absolute atomic E-state index is 14.3. The first-order valence-corrected chi connectivity index (χ1v) is 10.5. The van der Waals surface area contributed by atoms with Crippen LogP contribution in [0.25, 0.3) is 33.8 Å². The van der Waals surface area contributed by atoms with Crippen LogP contribution in [0, 0.1) is 5.82 Å². The third-order valence-corrected chi connectivity index (χ3v) is 5.73. The summed E-state index contributed by atoms with van der Waals surface area (Å²) in [6, 6.07) is 20.9. The predicted octanol–water partition coefficient (Wildman–Crippen LogP) is 5.79. The summed E-state index contributed by atoms with van der Waals surface area (Å²) in [5.41, 5.74) is 1.78. The smallest absolute Gasteiger partial charge is 0.268 e. The molecule has 31 heavy (non-hydrogen) atoms. The zero-order valence-corrected chi connectivity index (χ0v) is 18.2. The number of aromatic nitrogens is 4. The number of nitrogens with zero attached hydrogens (tertiary/aromatic N) is 4. The second-order valence-corrected chi connectivity index (χ2v) is 8.12. The molecule has 0 saturated heterocycles. The lowest BCUT2D eigenvalue weighted by Crippen LogP contribution is -2.21. The highest BCUT2D eigenvalue weighted by Crippen LogP contribution is 2.26. The van der Waals surface area contributed by atoms with Gasteiger partial charge >= 0.3 is 0 Å². The average molecular weight is 496 g/mol. The van der Waals surface area contributed by atoms with Crippen molar-refractivity contribution in [2.24, 2.45) is 0 Å². The monoisotopic (exact) mass is 494 g/mol. The summed E-state index contributed by atoms with van der Waals surface area (Å²) >= 11 is 9.19. The fourth-order valence-electron chi connectivity index (χ4n) is 3.34. The van der Waals surface area contributed by atoms with Crippen LogP contribution in [0.15, 0.2) is 88.3 Å². The topological polar surface area (TPSA) is 52.7 Å². The number of fused-ring (bicyclic) bond motifs is 1. The molecule has 5 aromatic rings. The van der Waals surface area contributed by atoms with E-state index < -0.39 is 5.82 Å². The normalized spacial score (nSPS) is 11.2. The van der Waals surface area contributed by atoms with E-state index in [-0.39, 0.29) is 17.0 Å². The quantitative estimate of drug-likeness (QED) is 0.318. The minimum Gasteiger partial charge on any atom is -0.268 e. The molecule has 2 heterocycles. The van der Waals surface area contributed by atoms with Gasteiger partial charge in [0, 0.05) is 16.8 Å². The Balaban J connectivity index is 1.82. The lowest BCUT2D eigenvalue weighted by atomic mass is 10.2. The summed E-state index contributed by atoms with van der Waals surface area (Å²) in [5.74, 6) is -0.172. The molecule has 0 aliphatic rings. The lowest BCUT2D eigenvalue weighted by Gasteiger charge is -2.12. The Bertz CT molecular complexity index is 1480. The molecule has 8 heteroatoms. The number of rotatable bonds is 3. The van der Waals surface area contributed by atoms with E-state index in [9.17, 15) is 9.18 Å². The van der Waals surface area contributed by atoms with Gasteiger partial charge in [0.1, 0.15) is 17.0 Å². The summed E-state index contributed by atoms with van der Waals surface area (Å²) in [6.45, 7) is 0. The van der Waals surface area contributed by atoms with Gasteiger partial charge in [-0.3, -0.25) is 9.36 Å². The molecule has 0 fully saturated rings. The van der Waals surface area contributed by atoms with Crippen LogP contribution in [0.3, 0.4) is 0 Å². The van der Waals surface area contributed by atoms with Gasteiger partial charge < -0.3 is 0 Å². The summed E-state index contributed by atoms with van der Waals surface area (Å²) < 4.78 is 17.7. The Kier molecular flexibility index (Phi) is 4.92. The number of hydrogen-bond donors (Lipinski definition) is 0. The SMILES string of the molecule is O=c1c2cn(-c3ccccc3)nc2nc(-c2ccc(Br)c(F)c2)n1-c1ccc(Cl)cc1. The van der Waals surface area contributed by atoms with Gasteiger partial charge in [0.25, 0.3) is 5.56 Å². The van der Waals surface area contributed by atoms with Gasteiger partial charge in [-0.05, 0) is 70.5 Å². The van der Waals surface area contributed by atoms with Crippen molar-refractivity contribution in [3.05, 3.63) is 105 Å². The molecule has 5 rings (SSSR count). The molecule has 5 nitrogen and oxygen atoms in total. The van der Waals surface area contributed by atoms with Crippen molar-refractivity contribution in [3.63, 3.8) is 0 Å². The molecular formula is C23H13BrClFN4O. The van der Waals surface area contributed by atoms with Crippen LogP contribution in [-0.4, -0.2) is 19.3 Å². The van der Waals surface area contributed by atoms with E-state index >= 15 is 0 Å². The van der Waals surface area contributed by atoms with E-state index in [4.69, 9.17) is 11.6 Å². The number of halogens is 3. The molecule has 0 saturated carbocycles. The van der Waals surface area contributed by atoms with Crippen LogP contribution in [-0.2, 0) is 0 Å². The summed E-state index contributed by atoms with van der Waals surface area (Å²) in [7, 11) is 0. The van der Waals surface area contributed by atoms with Crippen LogP contribution in [0.4, 0.5) is 4.39 Å². The van der Waals surface area contributed by atoms with Crippen LogP contribution in [0.2, 0.25) is 5.02 Å². The first kappa shape index (κ1) is 19.7. The first-order chi connectivity index (χ1) is 15.0. The van der Waals surface area contributed by atoms with E-state index in [2.05, 4.69) is 26.0 Å². The minimum atomic E-state index is -0.454. The third-order valence-electron chi connectivity index (χ3n) is 4.84. The highest BCUT2D eigenvalue weighted by atomic mass is 79.9. The van der Waals surface area contributed by atoms with Crippen molar-refractivity contribution in [2.45, 2.75) is 0 Å². The molecule has 0 aliphatic heterocycles. The molecule has 0 unspecified atom stereocenters. The number of benzene rings is 3. The Labute approximate surface area is 189 Å². The van der Waals surface area contributed by atoms with Crippen LogP contribution in [0.5, 0.6) is 0 Å². The van der Waals surface area contributed by atoms with Crippen molar-refractivity contribution >= 4 is 38.6 Å². The van der Waals surface area contributed by atoms with Crippen molar-refractivity contribution in [2.75, 3.05) is 0 Å². The summed E-state index contributed by atoms with van der Waals surface area (Å²) in [4.78, 5) is 18.2. The standard InChI is InChI=1S/C23H13BrClFN4O/c24-19-11-6-14(12-20(19)26)22-27-21-18(13-29(28-21)16-4-2-1-3-5-16)23(31)30(22)17-9-7-15(25)8-10-17/h1-13H. The molecule has 3 aromatic carbocycles. The molecule has 0 atom stereocenters. The molecule has 0 bridgehead atoms. The minimum absolute atomic E-state index is 0.275. The third kappa shape index (κ3) is 3.56. The molecule has 0 amide bonds. The van der Waals surface area contributed by atoms with Crippen molar-refractivity contribution in [3.8, 4) is 22.8 Å². The van der Waals surface area contributed by atoms with Gasteiger partial charge in [-0.25, -0.2) is 14.1 Å². The van der Waals surface area contributed by atoms with E-state index in [1.807, 2.05) is 30.3 Å². The van der Waals surface area contributed by atoms with Crippen molar-refractivity contribution in [1.82, 2.24) is 19.3 Å². The van der Waals surface area contributed by atoms with Crippen molar-refractivity contribution in [1.29, 1.82) is 0 Å².